The van der Waals surface area contributed by atoms with E-state index in [0.29, 0.717) is 5.92 Å². The van der Waals surface area contributed by atoms with Gasteiger partial charge in [0.2, 0.25) is 0 Å². The molecule has 0 radical (unpaired) electrons. The molecule has 0 fully saturated rings. The zero-order valence-corrected chi connectivity index (χ0v) is 17.6. The fourth-order valence-corrected chi connectivity index (χ4v) is 4.18. The first kappa shape index (κ1) is 19.5. The summed E-state index contributed by atoms with van der Waals surface area (Å²) in [6, 6.07) is 10.9. The van der Waals surface area contributed by atoms with E-state index >= 15 is 0 Å². The molecule has 0 N–H and O–H groups in total. The van der Waals surface area contributed by atoms with Crippen molar-refractivity contribution in [3.63, 3.8) is 0 Å². The summed E-state index contributed by atoms with van der Waals surface area (Å²) >= 11 is 0. The topological polar surface area (TPSA) is 26.5 Å². The van der Waals surface area contributed by atoms with E-state index in [0.717, 1.165) is 11.4 Å². The van der Waals surface area contributed by atoms with Crippen molar-refractivity contribution in [3.05, 3.63) is 52.7 Å². The fraction of sp³-hybridized carbons (Fsp3) is 0.458. The molecule has 144 valence electrons. The largest absolute Gasteiger partial charge is 0.497 e. The average Bonchev–Trinajstić information content (AvgIpc) is 2.96. The van der Waals surface area contributed by atoms with Crippen molar-refractivity contribution in [1.29, 1.82) is 0 Å². The van der Waals surface area contributed by atoms with Gasteiger partial charge >= 0.3 is 0 Å². The number of hydrogen-bond acceptors (Lipinski definition) is 2. The monoisotopic (exact) mass is 364 g/mol. The second-order valence-corrected chi connectivity index (χ2v) is 7.67. The van der Waals surface area contributed by atoms with Crippen LogP contribution in [0.15, 0.2) is 30.3 Å². The van der Waals surface area contributed by atoms with E-state index in [1.54, 1.807) is 7.11 Å². The Morgan fingerprint density at radius 2 is 1.67 bits per heavy atom. The van der Waals surface area contributed by atoms with Crippen LogP contribution in [-0.2, 0) is 0 Å². The zero-order valence-electron chi connectivity index (χ0n) is 17.6. The number of aromatic nitrogens is 2. The predicted molar refractivity (Wildman–Crippen MR) is 114 cm³/mol. The van der Waals surface area contributed by atoms with Crippen LogP contribution in [0.2, 0.25) is 0 Å². The molecule has 0 saturated carbocycles. The Bertz CT molecular complexity index is 933. The molecule has 0 aliphatic rings. The molecule has 0 aliphatic carbocycles. The number of ether oxygens (including phenoxy) is 1. The van der Waals surface area contributed by atoms with Crippen LogP contribution >= 0.6 is 0 Å². The molecule has 27 heavy (non-hydrogen) atoms. The quantitative estimate of drug-likeness (QED) is 0.471. The van der Waals surface area contributed by atoms with Crippen molar-refractivity contribution < 1.29 is 4.74 Å². The Hall–Kier alpha value is -2.29. The molecular weight excluding hydrogens is 332 g/mol. The smallest absolute Gasteiger partial charge is 0.119 e. The Morgan fingerprint density at radius 1 is 0.963 bits per heavy atom. The number of aryl methyl sites for hydroxylation is 3. The lowest BCUT2D eigenvalue weighted by Crippen LogP contribution is -2.02. The van der Waals surface area contributed by atoms with Gasteiger partial charge in [0, 0.05) is 11.3 Å². The second kappa shape index (κ2) is 8.16. The standard InChI is InChI=1S/C24H32N2O/c1-7-9-19(10-8-2)22-15-18(5)26-23(22)14-17(4)24(25-26)21-12-11-20(27-6)13-16(21)3/h11-15,19H,7-10H2,1-6H3. The summed E-state index contributed by atoms with van der Waals surface area (Å²) in [6.45, 7) is 11.0. The van der Waals surface area contributed by atoms with Crippen LogP contribution in [0.25, 0.3) is 16.8 Å². The molecule has 0 bridgehead atoms. The van der Waals surface area contributed by atoms with Gasteiger partial charge in [-0.1, -0.05) is 26.7 Å². The van der Waals surface area contributed by atoms with E-state index < -0.39 is 0 Å². The summed E-state index contributed by atoms with van der Waals surface area (Å²) in [5.74, 6) is 1.51. The maximum atomic E-state index is 5.36. The molecule has 2 aromatic heterocycles. The lowest BCUT2D eigenvalue weighted by molar-refractivity contribution is 0.414. The third-order valence-corrected chi connectivity index (χ3v) is 5.55. The highest BCUT2D eigenvalue weighted by atomic mass is 16.5. The number of nitrogens with zero attached hydrogens (tertiary/aromatic N) is 2. The van der Waals surface area contributed by atoms with Crippen molar-refractivity contribution in [2.75, 3.05) is 7.11 Å². The van der Waals surface area contributed by atoms with Gasteiger partial charge in [0.1, 0.15) is 5.75 Å². The molecule has 3 nitrogen and oxygen atoms in total. The first-order valence-corrected chi connectivity index (χ1v) is 10.1. The van der Waals surface area contributed by atoms with Crippen LogP contribution in [0, 0.1) is 20.8 Å². The van der Waals surface area contributed by atoms with Gasteiger partial charge < -0.3 is 4.74 Å². The van der Waals surface area contributed by atoms with Gasteiger partial charge in [0.25, 0.3) is 0 Å². The minimum Gasteiger partial charge on any atom is -0.497 e. The molecule has 1 aromatic carbocycles. The maximum Gasteiger partial charge on any atom is 0.119 e. The SMILES string of the molecule is CCCC(CCC)c1cc(C)n2nc(-c3ccc(OC)cc3C)c(C)cc12. The van der Waals surface area contributed by atoms with E-state index in [1.165, 1.54) is 59.1 Å². The van der Waals surface area contributed by atoms with Crippen LogP contribution in [0.4, 0.5) is 0 Å². The normalized spacial score (nSPS) is 11.5. The number of benzene rings is 1. The van der Waals surface area contributed by atoms with Gasteiger partial charge in [0.05, 0.1) is 18.3 Å². The van der Waals surface area contributed by atoms with Gasteiger partial charge in [0.15, 0.2) is 0 Å². The van der Waals surface area contributed by atoms with Crippen molar-refractivity contribution in [1.82, 2.24) is 9.61 Å². The Balaban J connectivity index is 2.14. The Morgan fingerprint density at radius 3 is 2.26 bits per heavy atom. The number of hydrogen-bond donors (Lipinski definition) is 0. The van der Waals surface area contributed by atoms with Crippen LogP contribution < -0.4 is 4.74 Å². The lowest BCUT2D eigenvalue weighted by Gasteiger charge is -2.16. The minimum absolute atomic E-state index is 0.624. The van der Waals surface area contributed by atoms with Gasteiger partial charge in [-0.3, -0.25) is 0 Å². The molecule has 3 rings (SSSR count). The third kappa shape index (κ3) is 3.73. The number of methoxy groups -OCH3 is 1. The van der Waals surface area contributed by atoms with E-state index in [-0.39, 0.29) is 0 Å². The summed E-state index contributed by atoms with van der Waals surface area (Å²) in [7, 11) is 1.71. The van der Waals surface area contributed by atoms with E-state index in [9.17, 15) is 0 Å². The minimum atomic E-state index is 0.624. The number of rotatable bonds is 7. The van der Waals surface area contributed by atoms with Gasteiger partial charge in [-0.15, -0.1) is 0 Å². The van der Waals surface area contributed by atoms with Crippen molar-refractivity contribution >= 4 is 5.52 Å². The highest BCUT2D eigenvalue weighted by Gasteiger charge is 2.19. The molecule has 3 heteroatoms. The molecule has 0 unspecified atom stereocenters. The molecule has 0 aliphatic heterocycles. The first-order valence-electron chi connectivity index (χ1n) is 10.1. The van der Waals surface area contributed by atoms with Crippen LogP contribution in [0.5, 0.6) is 5.75 Å². The first-order chi connectivity index (χ1) is 13.0. The van der Waals surface area contributed by atoms with Gasteiger partial charge in [-0.2, -0.15) is 5.10 Å². The van der Waals surface area contributed by atoms with E-state index in [4.69, 9.17) is 9.84 Å². The molecular formula is C24H32N2O. The summed E-state index contributed by atoms with van der Waals surface area (Å²) in [4.78, 5) is 0. The molecule has 3 aromatic rings. The summed E-state index contributed by atoms with van der Waals surface area (Å²) in [6.07, 6.45) is 4.92. The highest BCUT2D eigenvalue weighted by molar-refractivity contribution is 5.71. The average molecular weight is 365 g/mol. The fourth-order valence-electron chi connectivity index (χ4n) is 4.18. The van der Waals surface area contributed by atoms with Crippen molar-refractivity contribution in [3.8, 4) is 17.0 Å². The molecule has 2 heterocycles. The zero-order chi connectivity index (χ0) is 19.6. The Labute approximate surface area is 163 Å². The lowest BCUT2D eigenvalue weighted by atomic mass is 9.90. The van der Waals surface area contributed by atoms with Crippen LogP contribution in [0.3, 0.4) is 0 Å². The van der Waals surface area contributed by atoms with Gasteiger partial charge in [-0.25, -0.2) is 4.52 Å². The van der Waals surface area contributed by atoms with E-state index in [2.05, 4.69) is 63.4 Å². The Kier molecular flexibility index (Phi) is 5.88. The highest BCUT2D eigenvalue weighted by Crippen LogP contribution is 2.34. The van der Waals surface area contributed by atoms with Crippen molar-refractivity contribution in [2.24, 2.45) is 0 Å². The predicted octanol–water partition coefficient (Wildman–Crippen LogP) is 6.62. The van der Waals surface area contributed by atoms with Crippen LogP contribution in [0.1, 0.15) is 67.8 Å². The summed E-state index contributed by atoms with van der Waals surface area (Å²) in [5, 5.41) is 5.06. The van der Waals surface area contributed by atoms with E-state index in [1.807, 2.05) is 6.07 Å². The molecule has 0 amide bonds. The van der Waals surface area contributed by atoms with Gasteiger partial charge in [-0.05, 0) is 86.6 Å². The molecule has 0 atom stereocenters. The second-order valence-electron chi connectivity index (χ2n) is 7.67. The third-order valence-electron chi connectivity index (χ3n) is 5.55. The molecule has 0 saturated heterocycles. The number of fused-ring (bicyclic) bond motifs is 1. The van der Waals surface area contributed by atoms with Crippen molar-refractivity contribution in [2.45, 2.75) is 66.2 Å². The molecule has 0 spiro atoms. The summed E-state index contributed by atoms with van der Waals surface area (Å²) < 4.78 is 7.49. The summed E-state index contributed by atoms with van der Waals surface area (Å²) in [5.41, 5.74) is 8.58. The van der Waals surface area contributed by atoms with Crippen LogP contribution in [-0.4, -0.2) is 16.7 Å². The maximum absolute atomic E-state index is 5.36.